The first-order chi connectivity index (χ1) is 8.60. The van der Waals surface area contributed by atoms with Gasteiger partial charge in [-0.25, -0.2) is 20.4 Å². The van der Waals surface area contributed by atoms with Crippen molar-refractivity contribution in [2.75, 3.05) is 0 Å². The molecule has 0 heterocycles. The molecule has 4 heteroatoms. The Morgan fingerprint density at radius 2 is 1.44 bits per heavy atom. The van der Waals surface area contributed by atoms with Crippen LogP contribution in [0.25, 0.3) is 10.8 Å². The van der Waals surface area contributed by atoms with Gasteiger partial charge in [0, 0.05) is 0 Å². The van der Waals surface area contributed by atoms with Gasteiger partial charge in [-0.05, 0) is 30.2 Å². The Morgan fingerprint density at radius 1 is 0.944 bits per heavy atom. The van der Waals surface area contributed by atoms with Gasteiger partial charge in [0.15, 0.2) is 0 Å². The maximum Gasteiger partial charge on any atom is 0.231 e. The fourth-order valence-electron chi connectivity index (χ4n) is 1.69. The van der Waals surface area contributed by atoms with Crippen LogP contribution in [0.4, 0.5) is 0 Å². The fraction of sp³-hybridized carbons (Fsp3) is 0.143. The lowest BCUT2D eigenvalue weighted by molar-refractivity contribution is 0.562. The molecule has 0 aromatic heterocycles. The number of hydrogen-bond donors (Lipinski definition) is 2. The zero-order valence-electron chi connectivity index (χ0n) is 10.3. The summed E-state index contributed by atoms with van der Waals surface area (Å²) in [4.78, 5) is 16.7. The van der Waals surface area contributed by atoms with E-state index in [2.05, 4.69) is 50.2 Å². The SMILES string of the molecule is Cc1cc(C)c2ccccc2c1.N=C=O.N=C=O. The van der Waals surface area contributed by atoms with Gasteiger partial charge in [0.2, 0.25) is 12.2 Å². The van der Waals surface area contributed by atoms with E-state index >= 15 is 0 Å². The number of nitrogens with one attached hydrogen (secondary N) is 2. The van der Waals surface area contributed by atoms with Crippen LogP contribution in [-0.4, -0.2) is 12.2 Å². The topological polar surface area (TPSA) is 81.8 Å². The Morgan fingerprint density at radius 3 is 2.00 bits per heavy atom. The molecule has 2 rings (SSSR count). The minimum absolute atomic E-state index is 0.750. The molecule has 2 N–H and O–H groups in total. The van der Waals surface area contributed by atoms with Crippen LogP contribution >= 0.6 is 0 Å². The average Bonchev–Trinajstić information content (AvgIpc) is 2.31. The van der Waals surface area contributed by atoms with Gasteiger partial charge in [0.1, 0.15) is 0 Å². The van der Waals surface area contributed by atoms with Crippen LogP contribution in [0.15, 0.2) is 36.4 Å². The number of rotatable bonds is 0. The summed E-state index contributed by atoms with van der Waals surface area (Å²) in [6.45, 7) is 4.30. The van der Waals surface area contributed by atoms with Crippen LogP contribution < -0.4 is 0 Å². The number of fused-ring (bicyclic) bond motifs is 1. The van der Waals surface area contributed by atoms with E-state index < -0.39 is 0 Å². The number of aryl methyl sites for hydroxylation is 2. The number of carbonyl (C=O) groups excluding carboxylic acids is 2. The highest BCUT2D eigenvalue weighted by atomic mass is 16.1. The standard InChI is InChI=1S/C12H12.2CHNO/c1-9-7-10(2)12-6-4-3-5-11(12)8-9;2*2-1-3/h3-8H,1-2H3;2*2H. The van der Waals surface area contributed by atoms with Crippen molar-refractivity contribution in [1.29, 1.82) is 10.8 Å². The van der Waals surface area contributed by atoms with Gasteiger partial charge in [-0.1, -0.05) is 42.0 Å². The lowest BCUT2D eigenvalue weighted by Gasteiger charge is -2.02. The molecule has 0 aliphatic carbocycles. The summed E-state index contributed by atoms with van der Waals surface area (Å²) < 4.78 is 0. The van der Waals surface area contributed by atoms with Crippen molar-refractivity contribution in [1.82, 2.24) is 0 Å². The van der Waals surface area contributed by atoms with Crippen LogP contribution in [0, 0.1) is 24.7 Å². The summed E-state index contributed by atoms with van der Waals surface area (Å²) in [5, 5.41) is 13.5. The molecule has 0 radical (unpaired) electrons. The van der Waals surface area contributed by atoms with Crippen LogP contribution in [0.2, 0.25) is 0 Å². The molecule has 0 fully saturated rings. The molecule has 0 aliphatic heterocycles. The van der Waals surface area contributed by atoms with E-state index in [0.717, 1.165) is 12.2 Å². The predicted molar refractivity (Wildman–Crippen MR) is 70.2 cm³/mol. The smallest absolute Gasteiger partial charge is 0.222 e. The molecule has 2 aromatic rings. The predicted octanol–water partition coefficient (Wildman–Crippen LogP) is 3.26. The lowest BCUT2D eigenvalue weighted by atomic mass is 10.0. The van der Waals surface area contributed by atoms with Crippen LogP contribution in [0.3, 0.4) is 0 Å². The molecule has 4 nitrogen and oxygen atoms in total. The summed E-state index contributed by atoms with van der Waals surface area (Å²) >= 11 is 0. The van der Waals surface area contributed by atoms with Crippen molar-refractivity contribution in [3.8, 4) is 0 Å². The Bertz CT molecular complexity index is 567. The Balaban J connectivity index is 0.000000414. The summed E-state index contributed by atoms with van der Waals surface area (Å²) in [7, 11) is 0. The van der Waals surface area contributed by atoms with Gasteiger partial charge in [-0.2, -0.15) is 0 Å². The molecule has 18 heavy (non-hydrogen) atoms. The Hall–Kier alpha value is -2.54. The molecule has 2 aromatic carbocycles. The summed E-state index contributed by atoms with van der Waals surface area (Å²) in [6.07, 6.45) is 1.50. The van der Waals surface area contributed by atoms with Gasteiger partial charge in [0.05, 0.1) is 0 Å². The van der Waals surface area contributed by atoms with Gasteiger partial charge < -0.3 is 0 Å². The maximum atomic E-state index is 8.35. The van der Waals surface area contributed by atoms with Crippen molar-refractivity contribution in [3.05, 3.63) is 47.5 Å². The first-order valence-electron chi connectivity index (χ1n) is 5.14. The van der Waals surface area contributed by atoms with Crippen LogP contribution in [-0.2, 0) is 9.59 Å². The van der Waals surface area contributed by atoms with Crippen LogP contribution in [0.5, 0.6) is 0 Å². The minimum Gasteiger partial charge on any atom is -0.222 e. The summed E-state index contributed by atoms with van der Waals surface area (Å²) in [5.74, 6) is 0. The van der Waals surface area contributed by atoms with Crippen molar-refractivity contribution < 1.29 is 9.59 Å². The van der Waals surface area contributed by atoms with Crippen molar-refractivity contribution >= 4 is 22.9 Å². The molecule has 0 atom stereocenters. The fourth-order valence-corrected chi connectivity index (χ4v) is 1.69. The number of benzene rings is 2. The third kappa shape index (κ3) is 4.99. The highest BCUT2D eigenvalue weighted by molar-refractivity contribution is 5.86. The van der Waals surface area contributed by atoms with E-state index in [4.69, 9.17) is 20.4 Å². The highest BCUT2D eigenvalue weighted by Gasteiger charge is 1.95. The van der Waals surface area contributed by atoms with E-state index in [9.17, 15) is 0 Å². The van der Waals surface area contributed by atoms with E-state index in [-0.39, 0.29) is 0 Å². The maximum absolute atomic E-state index is 8.35. The third-order valence-corrected chi connectivity index (χ3v) is 2.21. The van der Waals surface area contributed by atoms with Gasteiger partial charge in [-0.15, -0.1) is 0 Å². The largest absolute Gasteiger partial charge is 0.231 e. The zero-order valence-corrected chi connectivity index (χ0v) is 10.3. The van der Waals surface area contributed by atoms with Crippen molar-refractivity contribution in [3.63, 3.8) is 0 Å². The molecular formula is C14H14N2O2. The Kier molecular flexibility index (Phi) is 7.38. The molecular weight excluding hydrogens is 228 g/mol. The molecule has 0 saturated heterocycles. The zero-order chi connectivity index (χ0) is 14.0. The first-order valence-corrected chi connectivity index (χ1v) is 5.14. The van der Waals surface area contributed by atoms with E-state index in [1.165, 1.54) is 21.9 Å². The molecule has 92 valence electrons. The molecule has 0 unspecified atom stereocenters. The summed E-state index contributed by atoms with van der Waals surface area (Å²) in [6, 6.07) is 13.0. The lowest BCUT2D eigenvalue weighted by Crippen LogP contribution is -1.80. The molecule has 0 amide bonds. The second-order valence-electron chi connectivity index (χ2n) is 3.51. The molecule has 0 saturated carbocycles. The van der Waals surface area contributed by atoms with Gasteiger partial charge in [-0.3, -0.25) is 0 Å². The highest BCUT2D eigenvalue weighted by Crippen LogP contribution is 2.19. The van der Waals surface area contributed by atoms with E-state index in [1.54, 1.807) is 0 Å². The normalized spacial score (nSPS) is 7.89. The summed E-state index contributed by atoms with van der Waals surface area (Å²) in [5.41, 5.74) is 2.71. The second kappa shape index (κ2) is 8.59. The van der Waals surface area contributed by atoms with Gasteiger partial charge >= 0.3 is 0 Å². The molecule has 0 bridgehead atoms. The van der Waals surface area contributed by atoms with Crippen molar-refractivity contribution in [2.45, 2.75) is 13.8 Å². The number of isocyanates is 2. The number of hydrogen-bond acceptors (Lipinski definition) is 4. The molecule has 0 spiro atoms. The average molecular weight is 242 g/mol. The first kappa shape index (κ1) is 15.5. The molecule has 0 aliphatic rings. The van der Waals surface area contributed by atoms with Crippen LogP contribution in [0.1, 0.15) is 11.1 Å². The monoisotopic (exact) mass is 242 g/mol. The minimum atomic E-state index is 0.750. The van der Waals surface area contributed by atoms with Gasteiger partial charge in [0.25, 0.3) is 0 Å². The quantitative estimate of drug-likeness (QED) is 0.549. The second-order valence-corrected chi connectivity index (χ2v) is 3.51. The van der Waals surface area contributed by atoms with Crippen molar-refractivity contribution in [2.24, 2.45) is 0 Å². The van der Waals surface area contributed by atoms with E-state index in [1.807, 2.05) is 0 Å². The third-order valence-electron chi connectivity index (χ3n) is 2.21. The Labute approximate surface area is 105 Å². The van der Waals surface area contributed by atoms with E-state index in [0.29, 0.717) is 0 Å².